The molecule has 26 heavy (non-hydrogen) atoms. The lowest BCUT2D eigenvalue weighted by Gasteiger charge is -2.38. The third kappa shape index (κ3) is 4.32. The van der Waals surface area contributed by atoms with E-state index in [4.69, 9.17) is 0 Å². The van der Waals surface area contributed by atoms with Gasteiger partial charge in [0.2, 0.25) is 0 Å². The van der Waals surface area contributed by atoms with Crippen molar-refractivity contribution < 1.29 is 4.79 Å². The molecule has 3 fully saturated rings. The van der Waals surface area contributed by atoms with Crippen molar-refractivity contribution in [1.82, 2.24) is 14.8 Å². The Kier molecular flexibility index (Phi) is 6.76. The fourth-order valence-corrected chi connectivity index (χ4v) is 4.56. The Balaban J connectivity index is 0.00000196. The second kappa shape index (κ2) is 9.05. The highest BCUT2D eigenvalue weighted by molar-refractivity contribution is 5.94. The monoisotopic (exact) mass is 378 g/mol. The molecule has 3 aliphatic rings. The van der Waals surface area contributed by atoms with Gasteiger partial charge in [-0.3, -0.25) is 9.69 Å². The molecule has 0 unspecified atom stereocenters. The van der Waals surface area contributed by atoms with Crippen LogP contribution in [0.3, 0.4) is 0 Å². The van der Waals surface area contributed by atoms with E-state index in [0.717, 1.165) is 69.5 Å². The van der Waals surface area contributed by atoms with Gasteiger partial charge in [-0.05, 0) is 44.2 Å². The predicted molar refractivity (Wildman–Crippen MR) is 107 cm³/mol. The van der Waals surface area contributed by atoms with Gasteiger partial charge in [0.15, 0.2) is 0 Å². The molecule has 1 aromatic heterocycles. The summed E-state index contributed by atoms with van der Waals surface area (Å²) in [4.78, 5) is 24.1. The summed E-state index contributed by atoms with van der Waals surface area (Å²) in [7, 11) is 0. The number of pyridine rings is 1. The van der Waals surface area contributed by atoms with E-state index in [1.807, 2.05) is 17.0 Å². The van der Waals surface area contributed by atoms with Crippen LogP contribution in [0.25, 0.3) is 0 Å². The molecule has 1 aromatic rings. The molecule has 2 aliphatic heterocycles. The van der Waals surface area contributed by atoms with Crippen molar-refractivity contribution in [3.05, 3.63) is 23.9 Å². The summed E-state index contributed by atoms with van der Waals surface area (Å²) < 4.78 is 0. The number of piperidine rings is 1. The van der Waals surface area contributed by atoms with Gasteiger partial charge >= 0.3 is 0 Å². The molecule has 0 spiro atoms. The van der Waals surface area contributed by atoms with Crippen LogP contribution in [0.1, 0.15) is 55.3 Å². The molecule has 1 saturated carbocycles. The summed E-state index contributed by atoms with van der Waals surface area (Å²) in [5, 5.41) is 0. The number of anilines is 1. The lowest BCUT2D eigenvalue weighted by Crippen LogP contribution is -2.50. The van der Waals surface area contributed by atoms with E-state index in [0.29, 0.717) is 0 Å². The standard InChI is InChI=1S/C20H30N4O.ClH/c25-20(24-10-4-1-5-11-24)17-8-9-19(21-16-17)23-14-12-22(13-15-23)18-6-2-3-7-18;/h8-9,16,18H,1-7,10-15H2;1H. The van der Waals surface area contributed by atoms with Crippen molar-refractivity contribution >= 4 is 24.1 Å². The molecule has 0 radical (unpaired) electrons. The first-order valence-electron chi connectivity index (χ1n) is 10.1. The Hall–Kier alpha value is -1.33. The first kappa shape index (κ1) is 19.4. The van der Waals surface area contributed by atoms with E-state index in [-0.39, 0.29) is 18.3 Å². The maximum Gasteiger partial charge on any atom is 0.255 e. The highest BCUT2D eigenvalue weighted by Gasteiger charge is 2.26. The van der Waals surface area contributed by atoms with Gasteiger partial charge in [-0.25, -0.2) is 4.98 Å². The summed E-state index contributed by atoms with van der Waals surface area (Å²) in [6.07, 6.45) is 10.8. The number of hydrogen-bond donors (Lipinski definition) is 0. The van der Waals surface area contributed by atoms with E-state index in [9.17, 15) is 4.79 Å². The Morgan fingerprint density at radius 3 is 2.19 bits per heavy atom. The van der Waals surface area contributed by atoms with Crippen LogP contribution in [0.4, 0.5) is 5.82 Å². The Morgan fingerprint density at radius 1 is 0.885 bits per heavy atom. The molecular formula is C20H31ClN4O. The summed E-state index contributed by atoms with van der Waals surface area (Å²) in [6, 6.07) is 4.81. The third-order valence-electron chi connectivity index (χ3n) is 6.12. The second-order valence-corrected chi connectivity index (χ2v) is 7.72. The van der Waals surface area contributed by atoms with Crippen LogP contribution in [0, 0.1) is 0 Å². The van der Waals surface area contributed by atoms with Crippen LogP contribution in [0.5, 0.6) is 0 Å². The molecule has 0 aromatic carbocycles. The molecule has 144 valence electrons. The number of likely N-dealkylation sites (tertiary alicyclic amines) is 1. The van der Waals surface area contributed by atoms with Gasteiger partial charge in [0.25, 0.3) is 5.91 Å². The summed E-state index contributed by atoms with van der Waals surface area (Å²) >= 11 is 0. The van der Waals surface area contributed by atoms with Gasteiger partial charge < -0.3 is 9.80 Å². The van der Waals surface area contributed by atoms with Gasteiger partial charge in [0, 0.05) is 51.5 Å². The number of piperazine rings is 1. The molecule has 0 bridgehead atoms. The van der Waals surface area contributed by atoms with Gasteiger partial charge in [-0.15, -0.1) is 12.4 Å². The topological polar surface area (TPSA) is 39.7 Å². The number of carbonyl (C=O) groups excluding carboxylic acids is 1. The molecule has 2 saturated heterocycles. The summed E-state index contributed by atoms with van der Waals surface area (Å²) in [5.41, 5.74) is 0.732. The first-order chi connectivity index (χ1) is 12.3. The van der Waals surface area contributed by atoms with Gasteiger partial charge in [-0.1, -0.05) is 12.8 Å². The number of carbonyl (C=O) groups is 1. The number of rotatable bonds is 3. The molecule has 0 atom stereocenters. The zero-order valence-corrected chi connectivity index (χ0v) is 16.4. The smallest absolute Gasteiger partial charge is 0.255 e. The average molecular weight is 379 g/mol. The number of nitrogens with zero attached hydrogens (tertiary/aromatic N) is 4. The number of hydrogen-bond acceptors (Lipinski definition) is 4. The second-order valence-electron chi connectivity index (χ2n) is 7.72. The van der Waals surface area contributed by atoms with E-state index in [1.54, 1.807) is 6.20 Å². The average Bonchev–Trinajstić information content (AvgIpc) is 3.23. The van der Waals surface area contributed by atoms with Crippen molar-refractivity contribution in [2.75, 3.05) is 44.2 Å². The summed E-state index contributed by atoms with van der Waals surface area (Å²) in [5.74, 6) is 1.16. The Bertz CT molecular complexity index is 574. The molecule has 0 N–H and O–H groups in total. The van der Waals surface area contributed by atoms with E-state index in [1.165, 1.54) is 32.1 Å². The molecule has 1 aliphatic carbocycles. The minimum atomic E-state index is 0. The van der Waals surface area contributed by atoms with Crippen molar-refractivity contribution in [2.45, 2.75) is 51.0 Å². The lowest BCUT2D eigenvalue weighted by molar-refractivity contribution is 0.0724. The molecule has 1 amide bonds. The SMILES string of the molecule is Cl.O=C(c1ccc(N2CCN(C3CCCC3)CC2)nc1)N1CCCCC1. The van der Waals surface area contributed by atoms with Gasteiger partial charge in [0.05, 0.1) is 5.56 Å². The first-order valence-corrected chi connectivity index (χ1v) is 10.1. The maximum absolute atomic E-state index is 12.5. The normalized spacial score (nSPS) is 22.3. The fraction of sp³-hybridized carbons (Fsp3) is 0.700. The van der Waals surface area contributed by atoms with Crippen LogP contribution in [0.15, 0.2) is 18.3 Å². The van der Waals surface area contributed by atoms with E-state index in [2.05, 4.69) is 14.8 Å². The fourth-order valence-electron chi connectivity index (χ4n) is 4.56. The van der Waals surface area contributed by atoms with E-state index >= 15 is 0 Å². The number of aromatic nitrogens is 1. The maximum atomic E-state index is 12.5. The Morgan fingerprint density at radius 2 is 1.58 bits per heavy atom. The molecule has 3 heterocycles. The van der Waals surface area contributed by atoms with Crippen molar-refractivity contribution in [1.29, 1.82) is 0 Å². The molecule has 5 nitrogen and oxygen atoms in total. The quantitative estimate of drug-likeness (QED) is 0.809. The van der Waals surface area contributed by atoms with Crippen molar-refractivity contribution in [3.63, 3.8) is 0 Å². The predicted octanol–water partition coefficient (Wildman–Crippen LogP) is 3.19. The van der Waals surface area contributed by atoms with E-state index < -0.39 is 0 Å². The summed E-state index contributed by atoms with van der Waals surface area (Å²) in [6.45, 7) is 6.15. The zero-order valence-electron chi connectivity index (χ0n) is 15.6. The molecule has 4 rings (SSSR count). The van der Waals surface area contributed by atoms with Crippen LogP contribution in [-0.4, -0.2) is 66.0 Å². The zero-order chi connectivity index (χ0) is 17.1. The number of amides is 1. The third-order valence-corrected chi connectivity index (χ3v) is 6.12. The van der Waals surface area contributed by atoms with Crippen LogP contribution in [0.2, 0.25) is 0 Å². The van der Waals surface area contributed by atoms with Crippen LogP contribution in [-0.2, 0) is 0 Å². The number of halogens is 1. The van der Waals surface area contributed by atoms with Crippen LogP contribution < -0.4 is 4.90 Å². The molecular weight excluding hydrogens is 348 g/mol. The highest BCUT2D eigenvalue weighted by atomic mass is 35.5. The van der Waals surface area contributed by atoms with Gasteiger partial charge in [0.1, 0.15) is 5.82 Å². The largest absolute Gasteiger partial charge is 0.354 e. The van der Waals surface area contributed by atoms with Crippen LogP contribution >= 0.6 is 12.4 Å². The van der Waals surface area contributed by atoms with Crippen molar-refractivity contribution in [2.24, 2.45) is 0 Å². The minimum absolute atomic E-state index is 0. The minimum Gasteiger partial charge on any atom is -0.354 e. The van der Waals surface area contributed by atoms with Gasteiger partial charge in [-0.2, -0.15) is 0 Å². The lowest BCUT2D eigenvalue weighted by atomic mass is 10.1. The highest BCUT2D eigenvalue weighted by Crippen LogP contribution is 2.25. The molecule has 6 heteroatoms. The van der Waals surface area contributed by atoms with Crippen molar-refractivity contribution in [3.8, 4) is 0 Å². The Labute approximate surface area is 163 Å².